The van der Waals surface area contributed by atoms with Crippen molar-refractivity contribution in [3.05, 3.63) is 32.9 Å². The first-order valence-electron chi connectivity index (χ1n) is 6.97. The Morgan fingerprint density at radius 1 is 0.957 bits per heavy atom. The van der Waals surface area contributed by atoms with Crippen molar-refractivity contribution in [2.45, 2.75) is 34.3 Å². The zero-order chi connectivity index (χ0) is 17.6. The minimum absolute atomic E-state index is 0.0217. The Labute approximate surface area is 132 Å². The van der Waals surface area contributed by atoms with E-state index in [1.54, 1.807) is 13.8 Å². The number of hydrogen-bond donors (Lipinski definition) is 0. The van der Waals surface area contributed by atoms with Gasteiger partial charge in [0.05, 0.1) is 13.2 Å². The van der Waals surface area contributed by atoms with Gasteiger partial charge in [-0.2, -0.15) is 0 Å². The molecule has 0 radical (unpaired) electrons. The molecule has 0 atom stereocenters. The highest BCUT2D eigenvalue weighted by molar-refractivity contribution is 5.96. The largest absolute Gasteiger partial charge is 0.462 e. The van der Waals surface area contributed by atoms with Crippen molar-refractivity contribution >= 4 is 17.9 Å². The molecule has 0 saturated heterocycles. The van der Waals surface area contributed by atoms with Gasteiger partial charge < -0.3 is 18.6 Å². The summed E-state index contributed by atoms with van der Waals surface area (Å²) in [7, 11) is 0. The minimum atomic E-state index is -0.964. The molecule has 0 spiro atoms. The Bertz CT molecular complexity index is 671. The third kappa shape index (κ3) is 4.41. The van der Waals surface area contributed by atoms with E-state index in [-0.39, 0.29) is 30.3 Å². The zero-order valence-corrected chi connectivity index (χ0v) is 13.4. The molecule has 0 amide bonds. The molecule has 0 aliphatic carbocycles. The molecule has 1 aromatic heterocycles. The molecule has 23 heavy (non-hydrogen) atoms. The molecule has 0 fully saturated rings. The average Bonchev–Trinajstić information content (AvgIpc) is 2.45. The Balaban J connectivity index is 3.47. The maximum absolute atomic E-state index is 12.5. The van der Waals surface area contributed by atoms with Gasteiger partial charge >= 0.3 is 17.9 Å². The monoisotopic (exact) mass is 326 g/mol. The van der Waals surface area contributed by atoms with Gasteiger partial charge in [0.1, 0.15) is 23.5 Å². The van der Waals surface area contributed by atoms with Gasteiger partial charge in [-0.1, -0.05) is 0 Å². The predicted molar refractivity (Wildman–Crippen MR) is 77.1 cm³/mol. The topological polar surface area (TPSA) is 109 Å². The van der Waals surface area contributed by atoms with Gasteiger partial charge in [0.15, 0.2) is 5.76 Å². The molecule has 0 aliphatic rings. The first kappa shape index (κ1) is 18.4. The highest BCUT2D eigenvalue weighted by Gasteiger charge is 2.28. The van der Waals surface area contributed by atoms with Crippen LogP contribution in [0.2, 0.25) is 0 Å². The van der Waals surface area contributed by atoms with Crippen LogP contribution < -0.4 is 5.43 Å². The van der Waals surface area contributed by atoms with Crippen molar-refractivity contribution in [1.29, 1.82) is 0 Å². The van der Waals surface area contributed by atoms with E-state index in [9.17, 15) is 19.2 Å². The number of hydrogen-bond acceptors (Lipinski definition) is 8. The highest BCUT2D eigenvalue weighted by Crippen LogP contribution is 2.15. The highest BCUT2D eigenvalue weighted by atomic mass is 16.5. The van der Waals surface area contributed by atoms with E-state index in [0.29, 0.717) is 0 Å². The lowest BCUT2D eigenvalue weighted by Crippen LogP contribution is -2.28. The van der Waals surface area contributed by atoms with E-state index in [4.69, 9.17) is 18.6 Å². The van der Waals surface area contributed by atoms with Crippen molar-refractivity contribution in [2.24, 2.45) is 0 Å². The third-order valence-corrected chi connectivity index (χ3v) is 2.73. The van der Waals surface area contributed by atoms with Gasteiger partial charge in [0, 0.05) is 6.92 Å². The lowest BCUT2D eigenvalue weighted by Gasteiger charge is -2.11. The van der Waals surface area contributed by atoms with Crippen molar-refractivity contribution in [3.63, 3.8) is 0 Å². The molecule has 1 rings (SSSR count). The zero-order valence-electron chi connectivity index (χ0n) is 13.4. The summed E-state index contributed by atoms with van der Waals surface area (Å²) in [6.07, 6.45) is 0. The van der Waals surface area contributed by atoms with Crippen molar-refractivity contribution in [3.8, 4) is 0 Å². The summed E-state index contributed by atoms with van der Waals surface area (Å²) < 4.78 is 19.7. The molecule has 8 heteroatoms. The SMILES string of the molecule is CCOC(=O)c1c(C)oc(COC(C)=O)c(C(=O)OCC)c1=O. The normalized spacial score (nSPS) is 10.1. The molecule has 0 N–H and O–H groups in total. The average molecular weight is 326 g/mol. The van der Waals surface area contributed by atoms with Crippen LogP contribution in [-0.4, -0.2) is 31.1 Å². The smallest absolute Gasteiger partial charge is 0.345 e. The maximum Gasteiger partial charge on any atom is 0.345 e. The second-order valence-electron chi connectivity index (χ2n) is 4.38. The van der Waals surface area contributed by atoms with Crippen LogP contribution in [0.5, 0.6) is 0 Å². The molecule has 0 aromatic carbocycles. The molecule has 0 saturated carbocycles. The molecule has 8 nitrogen and oxygen atoms in total. The Morgan fingerprint density at radius 2 is 1.48 bits per heavy atom. The van der Waals surface area contributed by atoms with Crippen molar-refractivity contribution < 1.29 is 33.0 Å². The summed E-state index contributed by atoms with van der Waals surface area (Å²) in [6, 6.07) is 0. The molecular weight excluding hydrogens is 308 g/mol. The Hall–Kier alpha value is -2.64. The van der Waals surface area contributed by atoms with Crippen LogP contribution >= 0.6 is 0 Å². The number of aryl methyl sites for hydroxylation is 1. The fourth-order valence-electron chi connectivity index (χ4n) is 1.82. The van der Waals surface area contributed by atoms with E-state index in [0.717, 1.165) is 0 Å². The summed E-state index contributed by atoms with van der Waals surface area (Å²) in [5.74, 6) is -2.70. The second-order valence-corrected chi connectivity index (χ2v) is 4.38. The van der Waals surface area contributed by atoms with E-state index in [1.807, 2.05) is 0 Å². The molecule has 0 unspecified atom stereocenters. The van der Waals surface area contributed by atoms with Crippen LogP contribution in [0.1, 0.15) is 53.0 Å². The summed E-state index contributed by atoms with van der Waals surface area (Å²) in [5.41, 5.74) is -1.75. The first-order valence-corrected chi connectivity index (χ1v) is 6.97. The van der Waals surface area contributed by atoms with Gasteiger partial charge in [-0.05, 0) is 20.8 Å². The second kappa shape index (κ2) is 8.11. The standard InChI is InChI=1S/C15H18O8/c1-5-20-14(18)11-8(3)23-10(7-22-9(4)16)12(13(11)17)15(19)21-6-2/h5-7H2,1-4H3. The van der Waals surface area contributed by atoms with Gasteiger partial charge in [-0.25, -0.2) is 9.59 Å². The minimum Gasteiger partial charge on any atom is -0.462 e. The fourth-order valence-corrected chi connectivity index (χ4v) is 1.82. The summed E-state index contributed by atoms with van der Waals surface area (Å²) in [5, 5.41) is 0. The molecule has 126 valence electrons. The van der Waals surface area contributed by atoms with Gasteiger partial charge in [-0.15, -0.1) is 0 Å². The lowest BCUT2D eigenvalue weighted by atomic mass is 10.1. The van der Waals surface area contributed by atoms with Crippen LogP contribution in [0.15, 0.2) is 9.21 Å². The lowest BCUT2D eigenvalue weighted by molar-refractivity contribution is -0.142. The van der Waals surface area contributed by atoms with Gasteiger partial charge in [0.2, 0.25) is 5.43 Å². The Kier molecular flexibility index (Phi) is 6.49. The molecule has 1 aromatic rings. The number of esters is 3. The van der Waals surface area contributed by atoms with Crippen LogP contribution in [-0.2, 0) is 25.6 Å². The maximum atomic E-state index is 12.5. The van der Waals surface area contributed by atoms with E-state index >= 15 is 0 Å². The van der Waals surface area contributed by atoms with Crippen LogP contribution in [0.25, 0.3) is 0 Å². The van der Waals surface area contributed by atoms with E-state index in [2.05, 4.69) is 0 Å². The quantitative estimate of drug-likeness (QED) is 0.569. The number of carbonyl (C=O) groups excluding carboxylic acids is 3. The number of ether oxygens (including phenoxy) is 3. The van der Waals surface area contributed by atoms with Gasteiger partial charge in [-0.3, -0.25) is 9.59 Å². The number of rotatable bonds is 6. The Morgan fingerprint density at radius 3 is 1.96 bits per heavy atom. The van der Waals surface area contributed by atoms with Gasteiger partial charge in [0.25, 0.3) is 0 Å². The number of carbonyl (C=O) groups is 3. The predicted octanol–water partition coefficient (Wildman–Crippen LogP) is 1.36. The fraction of sp³-hybridized carbons (Fsp3) is 0.467. The summed E-state index contributed by atoms with van der Waals surface area (Å²) in [4.78, 5) is 47.3. The van der Waals surface area contributed by atoms with Crippen LogP contribution in [0.4, 0.5) is 0 Å². The van der Waals surface area contributed by atoms with E-state index in [1.165, 1.54) is 13.8 Å². The molecular formula is C15H18O8. The molecule has 0 bridgehead atoms. The van der Waals surface area contributed by atoms with E-state index < -0.39 is 35.5 Å². The van der Waals surface area contributed by atoms with Crippen LogP contribution in [0, 0.1) is 6.92 Å². The van der Waals surface area contributed by atoms with Crippen LogP contribution in [0.3, 0.4) is 0 Å². The van der Waals surface area contributed by atoms with Crippen molar-refractivity contribution in [1.82, 2.24) is 0 Å². The van der Waals surface area contributed by atoms with Crippen molar-refractivity contribution in [2.75, 3.05) is 13.2 Å². The summed E-state index contributed by atoms with van der Waals surface area (Å²) in [6.45, 7) is 5.34. The third-order valence-electron chi connectivity index (χ3n) is 2.73. The summed E-state index contributed by atoms with van der Waals surface area (Å²) >= 11 is 0. The molecule has 0 aliphatic heterocycles. The molecule has 1 heterocycles. The first-order chi connectivity index (χ1) is 10.8.